The molecule has 0 heterocycles. The average molecular weight is 669 g/mol. The number of rotatable bonds is 4. The van der Waals surface area contributed by atoms with Gasteiger partial charge in [-0.3, -0.25) is 9.59 Å². The van der Waals surface area contributed by atoms with Gasteiger partial charge < -0.3 is 24.5 Å². The molecule has 0 aromatic rings. The van der Waals surface area contributed by atoms with Gasteiger partial charge in [0.1, 0.15) is 6.10 Å². The topological polar surface area (TPSA) is 124 Å². The van der Waals surface area contributed by atoms with Crippen LogP contribution in [0.25, 0.3) is 0 Å². The molecule has 0 aromatic heterocycles. The van der Waals surface area contributed by atoms with Gasteiger partial charge in [0.05, 0.1) is 5.92 Å². The second kappa shape index (κ2) is 13.1. The van der Waals surface area contributed by atoms with Crippen LogP contribution in [0, 0.1) is 62.1 Å². The first-order valence-electron chi connectivity index (χ1n) is 17.7. The zero-order valence-corrected chi connectivity index (χ0v) is 34.6. The Morgan fingerprint density at radius 2 is 1.40 bits per heavy atom. The number of fused-ring (bicyclic) bond motifs is 7. The van der Waals surface area contributed by atoms with Crippen molar-refractivity contribution in [2.45, 2.75) is 138 Å². The second-order valence-electron chi connectivity index (χ2n) is 18.1. The fourth-order valence-corrected chi connectivity index (χ4v) is 12.5. The van der Waals surface area contributed by atoms with Gasteiger partial charge in [-0.1, -0.05) is 66.9 Å². The average Bonchev–Trinajstić information content (AvgIpc) is 2.96. The predicted molar refractivity (Wildman–Crippen MR) is 165 cm³/mol. The number of carbonyl (C=O) groups is 4. The molecule has 47 heavy (non-hydrogen) atoms. The number of hydrogen-bond donors (Lipinski definition) is 0. The Kier molecular flexibility index (Phi) is 11.0. The molecular formula is C38H54Na2O7. The molecule has 6 rings (SSSR count). The maximum atomic E-state index is 14.6. The van der Waals surface area contributed by atoms with Crippen LogP contribution in [-0.4, -0.2) is 29.8 Å². The van der Waals surface area contributed by atoms with Gasteiger partial charge in [0.2, 0.25) is 0 Å². The van der Waals surface area contributed by atoms with Crippen LogP contribution in [0.3, 0.4) is 0 Å². The molecule has 0 radical (unpaired) electrons. The van der Waals surface area contributed by atoms with Crippen LogP contribution in [0.2, 0.25) is 0 Å². The van der Waals surface area contributed by atoms with Gasteiger partial charge in [-0.25, -0.2) is 0 Å². The zero-order valence-electron chi connectivity index (χ0n) is 30.6. The van der Waals surface area contributed by atoms with E-state index in [2.05, 4.69) is 41.5 Å². The third kappa shape index (κ3) is 5.83. The molecule has 0 amide bonds. The van der Waals surface area contributed by atoms with E-state index in [0.717, 1.165) is 51.4 Å². The molecule has 0 N–H and O–H groups in total. The first kappa shape index (κ1) is 39.6. The minimum absolute atomic E-state index is 0. The van der Waals surface area contributed by atoms with Crippen LogP contribution in [0.4, 0.5) is 0 Å². The van der Waals surface area contributed by atoms with E-state index >= 15 is 0 Å². The standard InChI is InChI=1S/C38H56O7.2Na/c1-33(2)27-12-15-38(7)29(36(27,5)14-13-28(33)45-31(42)23-11-9-8-10-22(23)30(40)41)26(39)20-24-25-21-35(4,32(43)44)17-16-34(25,3)18-19-37(24,38)6;;/h20,22-23,25,27-29H,8-19,21H2,1-7H3,(H,40,41)(H,43,44);;/q;2*+1/p-2/t22-,23+,25?,27-,28-,29+,34+,35-,36-,37+,38+;;/m0../s1. The Morgan fingerprint density at radius 3 is 2.02 bits per heavy atom. The molecule has 11 atom stereocenters. The maximum Gasteiger partial charge on any atom is 1.00 e. The first-order chi connectivity index (χ1) is 20.8. The Morgan fingerprint density at radius 1 is 0.787 bits per heavy atom. The van der Waals surface area contributed by atoms with E-state index in [4.69, 9.17) is 4.74 Å². The summed E-state index contributed by atoms with van der Waals surface area (Å²) in [5.74, 6) is -3.75. The zero-order chi connectivity index (χ0) is 33.0. The molecule has 0 aliphatic heterocycles. The number of carboxylic acid groups (broad SMARTS) is 2. The fourth-order valence-electron chi connectivity index (χ4n) is 12.5. The molecule has 250 valence electrons. The quantitative estimate of drug-likeness (QED) is 0.284. The summed E-state index contributed by atoms with van der Waals surface area (Å²) in [5.41, 5.74) is -0.847. The van der Waals surface area contributed by atoms with Crippen molar-refractivity contribution in [3.63, 3.8) is 0 Å². The second-order valence-corrected chi connectivity index (χ2v) is 18.1. The van der Waals surface area contributed by atoms with Crippen molar-refractivity contribution in [3.05, 3.63) is 11.6 Å². The van der Waals surface area contributed by atoms with Gasteiger partial charge in [0.25, 0.3) is 0 Å². The van der Waals surface area contributed by atoms with Crippen molar-refractivity contribution in [1.82, 2.24) is 0 Å². The maximum absolute atomic E-state index is 14.6. The number of allylic oxidation sites excluding steroid dienone is 2. The minimum Gasteiger partial charge on any atom is -0.550 e. The van der Waals surface area contributed by atoms with Gasteiger partial charge >= 0.3 is 65.1 Å². The first-order valence-corrected chi connectivity index (χ1v) is 17.7. The van der Waals surface area contributed by atoms with Crippen LogP contribution < -0.4 is 69.3 Å². The molecule has 6 aliphatic rings. The molecule has 0 saturated heterocycles. The monoisotopic (exact) mass is 668 g/mol. The van der Waals surface area contributed by atoms with Crippen molar-refractivity contribution in [3.8, 4) is 0 Å². The Bertz CT molecular complexity index is 1340. The molecule has 5 fully saturated rings. The number of esters is 1. The van der Waals surface area contributed by atoms with Crippen molar-refractivity contribution in [1.29, 1.82) is 0 Å². The van der Waals surface area contributed by atoms with Crippen molar-refractivity contribution >= 4 is 23.7 Å². The molecule has 0 spiro atoms. The van der Waals surface area contributed by atoms with E-state index < -0.39 is 35.2 Å². The third-order valence-corrected chi connectivity index (χ3v) is 15.6. The van der Waals surface area contributed by atoms with Gasteiger partial charge in [-0.2, -0.15) is 0 Å². The molecule has 5 saturated carbocycles. The number of ether oxygens (including phenoxy) is 1. The van der Waals surface area contributed by atoms with E-state index in [1.165, 1.54) is 5.57 Å². The van der Waals surface area contributed by atoms with Gasteiger partial charge in [-0.15, -0.1) is 0 Å². The van der Waals surface area contributed by atoms with Crippen LogP contribution in [-0.2, 0) is 23.9 Å². The van der Waals surface area contributed by atoms with Crippen LogP contribution >= 0.6 is 0 Å². The van der Waals surface area contributed by atoms with E-state index in [1.807, 2.05) is 13.0 Å². The summed E-state index contributed by atoms with van der Waals surface area (Å²) in [6.07, 6.45) is 11.5. The summed E-state index contributed by atoms with van der Waals surface area (Å²) < 4.78 is 6.24. The number of aliphatic carboxylic acids is 2. The van der Waals surface area contributed by atoms with Crippen molar-refractivity contribution in [2.75, 3.05) is 0 Å². The third-order valence-electron chi connectivity index (χ3n) is 15.6. The summed E-state index contributed by atoms with van der Waals surface area (Å²) in [7, 11) is 0. The van der Waals surface area contributed by atoms with Gasteiger partial charge in [0, 0.05) is 34.6 Å². The van der Waals surface area contributed by atoms with E-state index in [-0.39, 0.29) is 116 Å². The number of carbonyl (C=O) groups excluding carboxylic acids is 4. The summed E-state index contributed by atoms with van der Waals surface area (Å²) >= 11 is 0. The number of carboxylic acids is 2. The smallest absolute Gasteiger partial charge is 0.550 e. The fraction of sp³-hybridized carbons (Fsp3) is 0.842. The van der Waals surface area contributed by atoms with Gasteiger partial charge in [0.15, 0.2) is 5.78 Å². The predicted octanol–water partition coefficient (Wildman–Crippen LogP) is -0.807. The summed E-state index contributed by atoms with van der Waals surface area (Å²) in [4.78, 5) is 52.1. The Balaban J connectivity index is 0.00000250. The summed E-state index contributed by atoms with van der Waals surface area (Å²) in [5, 5.41) is 24.1. The van der Waals surface area contributed by atoms with Crippen molar-refractivity contribution in [2.24, 2.45) is 62.1 Å². The summed E-state index contributed by atoms with van der Waals surface area (Å²) in [6.45, 7) is 15.5. The Hall–Kier alpha value is -0.180. The normalized spacial score (nSPS) is 46.8. The SMILES string of the molecule is CC1(C)[C@@H](OC(=O)[C@@H]2CCCC[C@@H]2C(=O)[O-])CC[C@]2(C)[C@H]3C(=O)C=C4C5C[C@@](C)(C(=O)[O-])CC[C@]5(C)CC[C@@]4(C)[C@]3(C)CC[C@@H]12.[Na+].[Na+]. The number of hydrogen-bond acceptors (Lipinski definition) is 7. The molecule has 0 bridgehead atoms. The molecule has 9 heteroatoms. The Labute approximate surface area is 326 Å². The van der Waals surface area contributed by atoms with Crippen LogP contribution in [0.15, 0.2) is 11.6 Å². The minimum atomic E-state index is -1.16. The van der Waals surface area contributed by atoms with Crippen molar-refractivity contribution < 1.29 is 93.2 Å². The molecule has 6 aliphatic carbocycles. The molecular weight excluding hydrogens is 614 g/mol. The summed E-state index contributed by atoms with van der Waals surface area (Å²) in [6, 6.07) is 0. The molecule has 0 aromatic carbocycles. The van der Waals surface area contributed by atoms with Gasteiger partial charge in [-0.05, 0) is 110 Å². The van der Waals surface area contributed by atoms with Crippen LogP contribution in [0.5, 0.6) is 0 Å². The van der Waals surface area contributed by atoms with E-state index in [1.54, 1.807) is 0 Å². The van der Waals surface area contributed by atoms with E-state index in [0.29, 0.717) is 32.1 Å². The van der Waals surface area contributed by atoms with E-state index in [9.17, 15) is 29.4 Å². The van der Waals surface area contributed by atoms with Crippen LogP contribution in [0.1, 0.15) is 132 Å². The largest absolute Gasteiger partial charge is 1.00 e. The number of ketones is 1. The molecule has 1 unspecified atom stereocenters. The molecule has 7 nitrogen and oxygen atoms in total.